The van der Waals surface area contributed by atoms with E-state index in [-0.39, 0.29) is 22.7 Å². The number of benzene rings is 1. The monoisotopic (exact) mass is 375 g/mol. The molecule has 0 saturated heterocycles. The Bertz CT molecular complexity index is 926. The van der Waals surface area contributed by atoms with Gasteiger partial charge in [-0.15, -0.1) is 10.2 Å². The van der Waals surface area contributed by atoms with Crippen LogP contribution in [-0.2, 0) is 21.2 Å². The molecule has 1 aromatic carbocycles. The molecule has 9 heteroatoms. The van der Waals surface area contributed by atoms with Crippen molar-refractivity contribution in [3.05, 3.63) is 35.9 Å². The van der Waals surface area contributed by atoms with Gasteiger partial charge in [0, 0.05) is 25.2 Å². The fraction of sp³-hybridized carbons (Fsp3) is 0.353. The van der Waals surface area contributed by atoms with Crippen molar-refractivity contribution >= 4 is 33.3 Å². The molecule has 1 aliphatic rings. The Hall–Kier alpha value is -2.68. The van der Waals surface area contributed by atoms with E-state index in [0.29, 0.717) is 18.8 Å². The Labute approximate surface area is 152 Å². The molecule has 3 rings (SSSR count). The quantitative estimate of drug-likeness (QED) is 0.828. The van der Waals surface area contributed by atoms with Gasteiger partial charge in [-0.2, -0.15) is 0 Å². The zero-order valence-electron chi connectivity index (χ0n) is 14.9. The van der Waals surface area contributed by atoms with Crippen molar-refractivity contribution in [1.29, 1.82) is 0 Å². The molecule has 2 aromatic rings. The molecule has 0 aliphatic carbocycles. The van der Waals surface area contributed by atoms with E-state index in [1.807, 2.05) is 13.8 Å². The minimum Gasteiger partial charge on any atom is -0.366 e. The Morgan fingerprint density at radius 2 is 1.85 bits per heavy atom. The van der Waals surface area contributed by atoms with Crippen LogP contribution in [-0.4, -0.2) is 37.1 Å². The van der Waals surface area contributed by atoms with Gasteiger partial charge in [-0.1, -0.05) is 0 Å². The van der Waals surface area contributed by atoms with Gasteiger partial charge in [0.25, 0.3) is 10.0 Å². The molecule has 0 spiro atoms. The van der Waals surface area contributed by atoms with E-state index < -0.39 is 10.0 Å². The van der Waals surface area contributed by atoms with Gasteiger partial charge in [0.1, 0.15) is 5.82 Å². The Kier molecular flexibility index (Phi) is 4.82. The van der Waals surface area contributed by atoms with Gasteiger partial charge in [-0.3, -0.25) is 9.52 Å². The highest BCUT2D eigenvalue weighted by Crippen LogP contribution is 2.30. The number of rotatable bonds is 5. The summed E-state index contributed by atoms with van der Waals surface area (Å²) in [4.78, 5) is 13.4. The lowest BCUT2D eigenvalue weighted by Crippen LogP contribution is -2.25. The van der Waals surface area contributed by atoms with E-state index in [0.717, 1.165) is 11.3 Å². The van der Waals surface area contributed by atoms with Crippen molar-refractivity contribution in [3.8, 4) is 0 Å². The summed E-state index contributed by atoms with van der Waals surface area (Å²) in [6.45, 7) is 6.01. The second kappa shape index (κ2) is 6.91. The fourth-order valence-corrected chi connectivity index (χ4v) is 3.88. The number of hydrogen-bond donors (Lipinski definition) is 2. The zero-order valence-corrected chi connectivity index (χ0v) is 15.7. The van der Waals surface area contributed by atoms with Crippen molar-refractivity contribution in [2.24, 2.45) is 0 Å². The summed E-state index contributed by atoms with van der Waals surface area (Å²) in [5, 5.41) is 10.9. The number of carbonyl (C=O) groups is 1. The molecule has 0 unspecified atom stereocenters. The van der Waals surface area contributed by atoms with Crippen molar-refractivity contribution in [1.82, 2.24) is 10.2 Å². The van der Waals surface area contributed by atoms with Gasteiger partial charge in [0.2, 0.25) is 5.91 Å². The highest BCUT2D eigenvalue weighted by molar-refractivity contribution is 7.92. The van der Waals surface area contributed by atoms with Crippen LogP contribution in [0.25, 0.3) is 0 Å². The van der Waals surface area contributed by atoms with Crippen LogP contribution in [0.4, 0.5) is 17.3 Å². The van der Waals surface area contributed by atoms with Crippen LogP contribution < -0.4 is 14.9 Å². The van der Waals surface area contributed by atoms with Crippen molar-refractivity contribution < 1.29 is 13.2 Å². The molecular weight excluding hydrogens is 354 g/mol. The normalized spacial score (nSPS) is 13.6. The predicted molar refractivity (Wildman–Crippen MR) is 99.8 cm³/mol. The number of hydrogen-bond acceptors (Lipinski definition) is 6. The molecule has 138 valence electrons. The third kappa shape index (κ3) is 3.77. The van der Waals surface area contributed by atoms with E-state index in [2.05, 4.69) is 20.2 Å². The molecule has 26 heavy (non-hydrogen) atoms. The zero-order chi connectivity index (χ0) is 18.9. The van der Waals surface area contributed by atoms with E-state index in [1.54, 1.807) is 29.2 Å². The number of carbonyl (C=O) groups excluding carboxylic acids is 1. The van der Waals surface area contributed by atoms with Crippen molar-refractivity contribution in [3.63, 3.8) is 0 Å². The first-order valence-corrected chi connectivity index (χ1v) is 9.79. The lowest BCUT2D eigenvalue weighted by Gasteiger charge is -2.15. The summed E-state index contributed by atoms with van der Waals surface area (Å²) >= 11 is 0. The first-order valence-electron chi connectivity index (χ1n) is 8.30. The van der Waals surface area contributed by atoms with Crippen LogP contribution in [0.2, 0.25) is 0 Å². The Balaban J connectivity index is 1.80. The SMILES string of the molecule is CC(=O)N1CCc2cc(S(=O)(=O)Nc3ccc(NC(C)C)nn3)ccc21. The molecule has 1 aromatic heterocycles. The lowest BCUT2D eigenvalue weighted by molar-refractivity contribution is -0.116. The largest absolute Gasteiger partial charge is 0.366 e. The molecular formula is C17H21N5O3S. The Morgan fingerprint density at radius 1 is 1.15 bits per heavy atom. The number of aromatic nitrogens is 2. The van der Waals surface area contributed by atoms with Gasteiger partial charge in [-0.05, 0) is 56.2 Å². The summed E-state index contributed by atoms with van der Waals surface area (Å²) in [7, 11) is -3.78. The first kappa shape index (κ1) is 18.1. The fourth-order valence-electron chi connectivity index (χ4n) is 2.83. The molecule has 1 aliphatic heterocycles. The molecule has 8 nitrogen and oxygen atoms in total. The second-order valence-corrected chi connectivity index (χ2v) is 8.10. The second-order valence-electron chi connectivity index (χ2n) is 6.42. The number of anilines is 3. The van der Waals surface area contributed by atoms with Gasteiger partial charge < -0.3 is 10.2 Å². The molecule has 2 heterocycles. The maximum atomic E-state index is 12.6. The van der Waals surface area contributed by atoms with Crippen LogP contribution in [0.3, 0.4) is 0 Å². The summed E-state index contributed by atoms with van der Waals surface area (Å²) in [6.07, 6.45) is 0.633. The van der Waals surface area contributed by atoms with Crippen molar-refractivity contribution in [2.45, 2.75) is 38.1 Å². The maximum absolute atomic E-state index is 12.6. The molecule has 0 fully saturated rings. The first-order chi connectivity index (χ1) is 12.3. The topological polar surface area (TPSA) is 104 Å². The minimum absolute atomic E-state index is 0.0529. The van der Waals surface area contributed by atoms with Gasteiger partial charge >= 0.3 is 0 Å². The van der Waals surface area contributed by atoms with E-state index in [9.17, 15) is 13.2 Å². The standard InChI is InChI=1S/C17H21N5O3S/c1-11(2)18-16-6-7-17(20-19-16)21-26(24,25)14-4-5-15-13(10-14)8-9-22(15)12(3)23/h4-7,10-11H,8-9H2,1-3H3,(H,18,19)(H,20,21). The van der Waals surface area contributed by atoms with Gasteiger partial charge in [0.15, 0.2) is 5.82 Å². The summed E-state index contributed by atoms with van der Waals surface area (Å²) in [5.41, 5.74) is 1.60. The average Bonchev–Trinajstić information content (AvgIpc) is 2.99. The number of amides is 1. The summed E-state index contributed by atoms with van der Waals surface area (Å²) < 4.78 is 27.6. The minimum atomic E-state index is -3.78. The highest BCUT2D eigenvalue weighted by atomic mass is 32.2. The van der Waals surface area contributed by atoms with Gasteiger partial charge in [0.05, 0.1) is 4.90 Å². The lowest BCUT2D eigenvalue weighted by atomic mass is 10.2. The van der Waals surface area contributed by atoms with E-state index >= 15 is 0 Å². The van der Waals surface area contributed by atoms with Gasteiger partial charge in [-0.25, -0.2) is 8.42 Å². The molecule has 0 saturated carbocycles. The smallest absolute Gasteiger partial charge is 0.263 e. The molecule has 0 radical (unpaired) electrons. The van der Waals surface area contributed by atoms with E-state index in [1.165, 1.54) is 13.0 Å². The number of nitrogens with one attached hydrogen (secondary N) is 2. The van der Waals surface area contributed by atoms with Crippen molar-refractivity contribution in [2.75, 3.05) is 21.5 Å². The number of nitrogens with zero attached hydrogens (tertiary/aromatic N) is 3. The van der Waals surface area contributed by atoms with E-state index in [4.69, 9.17) is 0 Å². The summed E-state index contributed by atoms with van der Waals surface area (Å²) in [6, 6.07) is 8.18. The van der Waals surface area contributed by atoms with Crippen LogP contribution in [0.15, 0.2) is 35.2 Å². The maximum Gasteiger partial charge on any atom is 0.263 e. The van der Waals surface area contributed by atoms with Crippen LogP contribution in [0.1, 0.15) is 26.3 Å². The molecule has 1 amide bonds. The predicted octanol–water partition coefficient (Wildman–Crippen LogP) is 2.01. The number of sulfonamides is 1. The third-order valence-electron chi connectivity index (χ3n) is 3.98. The molecule has 0 atom stereocenters. The number of fused-ring (bicyclic) bond motifs is 1. The Morgan fingerprint density at radius 3 is 2.46 bits per heavy atom. The average molecular weight is 375 g/mol. The molecule has 0 bridgehead atoms. The van der Waals surface area contributed by atoms with Crippen LogP contribution >= 0.6 is 0 Å². The molecule has 2 N–H and O–H groups in total. The highest BCUT2D eigenvalue weighted by Gasteiger charge is 2.25. The van der Waals surface area contributed by atoms with Crippen LogP contribution in [0.5, 0.6) is 0 Å². The van der Waals surface area contributed by atoms with Crippen LogP contribution in [0, 0.1) is 0 Å². The third-order valence-corrected chi connectivity index (χ3v) is 5.33. The summed E-state index contributed by atoms with van der Waals surface area (Å²) in [5.74, 6) is 0.665.